The topological polar surface area (TPSA) is 55.4 Å². The summed E-state index contributed by atoms with van der Waals surface area (Å²) in [6.45, 7) is 6.53. The lowest BCUT2D eigenvalue weighted by atomic mass is 10.2. The molecular formula is C14H20N4O. The van der Waals surface area contributed by atoms with Crippen LogP contribution in [0.2, 0.25) is 0 Å². The Balaban J connectivity index is 1.83. The first-order valence-electron chi connectivity index (χ1n) is 6.75. The molecule has 1 aromatic heterocycles. The molecule has 0 radical (unpaired) electrons. The average Bonchev–Trinajstić information content (AvgIpc) is 2.81. The van der Waals surface area contributed by atoms with Gasteiger partial charge in [0, 0.05) is 32.2 Å². The van der Waals surface area contributed by atoms with Gasteiger partial charge >= 0.3 is 0 Å². The van der Waals surface area contributed by atoms with Crippen LogP contribution in [-0.2, 0) is 0 Å². The molecule has 0 spiro atoms. The van der Waals surface area contributed by atoms with Crippen LogP contribution >= 0.6 is 0 Å². The Morgan fingerprint density at radius 3 is 2.74 bits per heavy atom. The molecule has 1 aliphatic heterocycles. The van der Waals surface area contributed by atoms with Crippen LogP contribution < -0.4 is 0 Å². The van der Waals surface area contributed by atoms with E-state index in [9.17, 15) is 5.11 Å². The Bertz CT molecular complexity index is 572. The van der Waals surface area contributed by atoms with Crippen molar-refractivity contribution in [1.29, 1.82) is 0 Å². The van der Waals surface area contributed by atoms with Gasteiger partial charge < -0.3 is 15.0 Å². The Morgan fingerprint density at radius 2 is 2.00 bits per heavy atom. The number of H-pyrrole nitrogens is 1. The van der Waals surface area contributed by atoms with Crippen molar-refractivity contribution < 1.29 is 5.11 Å². The van der Waals surface area contributed by atoms with Crippen LogP contribution in [0.15, 0.2) is 18.2 Å². The van der Waals surface area contributed by atoms with Gasteiger partial charge in [-0.25, -0.2) is 4.98 Å². The molecule has 2 heterocycles. The monoisotopic (exact) mass is 260 g/mol. The van der Waals surface area contributed by atoms with Gasteiger partial charge in [-0.15, -0.1) is 0 Å². The van der Waals surface area contributed by atoms with Gasteiger partial charge in [-0.05, 0) is 26.1 Å². The maximum Gasteiger partial charge on any atom is 0.124 e. The standard InChI is InChI=1S/C14H20N4O/c1-10(18-7-5-17(2)6-8-18)14-15-12-4-3-11(19)9-13(12)16-14/h3-4,9-10,19H,5-8H2,1-2H3,(H,15,16). The number of aromatic amines is 1. The number of phenols is 1. The molecule has 5 nitrogen and oxygen atoms in total. The third-order valence-electron chi connectivity index (χ3n) is 3.97. The lowest BCUT2D eigenvalue weighted by Crippen LogP contribution is -2.45. The Labute approximate surface area is 112 Å². The fourth-order valence-electron chi connectivity index (χ4n) is 2.60. The van der Waals surface area contributed by atoms with Crippen LogP contribution in [0.4, 0.5) is 0 Å². The molecule has 1 aliphatic rings. The maximum absolute atomic E-state index is 9.49. The SMILES string of the molecule is CC(c1nc2ccc(O)cc2[nH]1)N1CCN(C)CC1. The van der Waals surface area contributed by atoms with Crippen LogP contribution in [0.3, 0.4) is 0 Å². The maximum atomic E-state index is 9.49. The molecule has 0 saturated carbocycles. The first-order chi connectivity index (χ1) is 9.13. The summed E-state index contributed by atoms with van der Waals surface area (Å²) in [7, 11) is 2.16. The molecular weight excluding hydrogens is 240 g/mol. The highest BCUT2D eigenvalue weighted by atomic mass is 16.3. The number of aromatic hydroxyl groups is 1. The van der Waals surface area contributed by atoms with E-state index in [1.54, 1.807) is 12.1 Å². The normalized spacial score (nSPS) is 19.9. The van der Waals surface area contributed by atoms with Gasteiger partial charge in [-0.1, -0.05) is 0 Å². The number of likely N-dealkylation sites (N-methyl/N-ethyl adjacent to an activating group) is 1. The third-order valence-corrected chi connectivity index (χ3v) is 3.97. The summed E-state index contributed by atoms with van der Waals surface area (Å²) >= 11 is 0. The fraction of sp³-hybridized carbons (Fsp3) is 0.500. The predicted molar refractivity (Wildman–Crippen MR) is 75.2 cm³/mol. The van der Waals surface area contributed by atoms with Gasteiger partial charge in [-0.2, -0.15) is 0 Å². The Hall–Kier alpha value is -1.59. The average molecular weight is 260 g/mol. The molecule has 19 heavy (non-hydrogen) atoms. The molecule has 1 aromatic carbocycles. The lowest BCUT2D eigenvalue weighted by molar-refractivity contribution is 0.116. The van der Waals surface area contributed by atoms with E-state index < -0.39 is 0 Å². The van der Waals surface area contributed by atoms with Crippen LogP contribution in [0.1, 0.15) is 18.8 Å². The highest BCUT2D eigenvalue weighted by Crippen LogP contribution is 2.23. The number of nitrogens with zero attached hydrogens (tertiary/aromatic N) is 3. The number of aromatic nitrogens is 2. The van der Waals surface area contributed by atoms with Gasteiger partial charge in [0.15, 0.2) is 0 Å². The largest absolute Gasteiger partial charge is 0.508 e. The first-order valence-corrected chi connectivity index (χ1v) is 6.75. The predicted octanol–water partition coefficient (Wildman–Crippen LogP) is 1.58. The van der Waals surface area contributed by atoms with Crippen molar-refractivity contribution in [3.63, 3.8) is 0 Å². The van der Waals surface area contributed by atoms with E-state index in [1.807, 2.05) is 6.07 Å². The number of rotatable bonds is 2. The minimum absolute atomic E-state index is 0.273. The number of piperazine rings is 1. The van der Waals surface area contributed by atoms with Crippen molar-refractivity contribution in [2.45, 2.75) is 13.0 Å². The third kappa shape index (κ3) is 2.43. The summed E-state index contributed by atoms with van der Waals surface area (Å²) in [4.78, 5) is 12.7. The zero-order chi connectivity index (χ0) is 13.4. The van der Waals surface area contributed by atoms with Crippen LogP contribution in [-0.4, -0.2) is 58.1 Å². The van der Waals surface area contributed by atoms with E-state index in [4.69, 9.17) is 0 Å². The second-order valence-electron chi connectivity index (χ2n) is 5.34. The number of nitrogens with one attached hydrogen (secondary N) is 1. The van der Waals surface area contributed by atoms with Gasteiger partial charge in [0.05, 0.1) is 17.1 Å². The second-order valence-corrected chi connectivity index (χ2v) is 5.34. The zero-order valence-electron chi connectivity index (χ0n) is 11.4. The van der Waals surface area contributed by atoms with Crippen molar-refractivity contribution in [1.82, 2.24) is 19.8 Å². The molecule has 1 unspecified atom stereocenters. The van der Waals surface area contributed by atoms with E-state index in [0.717, 1.165) is 43.0 Å². The molecule has 0 amide bonds. The van der Waals surface area contributed by atoms with Crippen LogP contribution in [0.5, 0.6) is 5.75 Å². The molecule has 2 N–H and O–H groups in total. The van der Waals surface area contributed by atoms with E-state index in [0.29, 0.717) is 0 Å². The van der Waals surface area contributed by atoms with Crippen LogP contribution in [0, 0.1) is 0 Å². The van der Waals surface area contributed by atoms with Crippen molar-refractivity contribution in [2.24, 2.45) is 0 Å². The lowest BCUT2D eigenvalue weighted by Gasteiger charge is -2.35. The number of phenolic OH excluding ortho intramolecular Hbond substituents is 1. The number of hydrogen-bond donors (Lipinski definition) is 2. The molecule has 1 atom stereocenters. The number of benzene rings is 1. The van der Waals surface area contributed by atoms with Gasteiger partial charge in [0.2, 0.25) is 0 Å². The molecule has 1 saturated heterocycles. The summed E-state index contributed by atoms with van der Waals surface area (Å²) in [5.41, 5.74) is 1.81. The smallest absolute Gasteiger partial charge is 0.124 e. The molecule has 2 aromatic rings. The van der Waals surface area contributed by atoms with Crippen molar-refractivity contribution in [3.05, 3.63) is 24.0 Å². The Morgan fingerprint density at radius 1 is 1.26 bits per heavy atom. The van der Waals surface area contributed by atoms with Gasteiger partial charge in [0.1, 0.15) is 11.6 Å². The molecule has 0 bridgehead atoms. The fourth-order valence-corrected chi connectivity index (χ4v) is 2.60. The number of hydrogen-bond acceptors (Lipinski definition) is 4. The van der Waals surface area contributed by atoms with Gasteiger partial charge in [-0.3, -0.25) is 4.90 Å². The van der Waals surface area contributed by atoms with E-state index in [1.165, 1.54) is 0 Å². The van der Waals surface area contributed by atoms with Crippen molar-refractivity contribution in [3.8, 4) is 5.75 Å². The molecule has 5 heteroatoms. The Kier molecular flexibility index (Phi) is 3.16. The quantitative estimate of drug-likeness (QED) is 0.860. The van der Waals surface area contributed by atoms with Gasteiger partial charge in [0.25, 0.3) is 0 Å². The van der Waals surface area contributed by atoms with E-state index in [2.05, 4.69) is 33.7 Å². The van der Waals surface area contributed by atoms with E-state index >= 15 is 0 Å². The minimum Gasteiger partial charge on any atom is -0.508 e. The number of fused-ring (bicyclic) bond motifs is 1. The highest BCUT2D eigenvalue weighted by Gasteiger charge is 2.22. The first kappa shape index (κ1) is 12.4. The van der Waals surface area contributed by atoms with Crippen molar-refractivity contribution in [2.75, 3.05) is 33.2 Å². The van der Waals surface area contributed by atoms with Crippen LogP contribution in [0.25, 0.3) is 11.0 Å². The zero-order valence-corrected chi connectivity index (χ0v) is 11.4. The molecule has 102 valence electrons. The summed E-state index contributed by atoms with van der Waals surface area (Å²) in [6, 6.07) is 5.53. The summed E-state index contributed by atoms with van der Waals surface area (Å²) in [5, 5.41) is 9.49. The minimum atomic E-state index is 0.273. The van der Waals surface area contributed by atoms with Crippen molar-refractivity contribution >= 4 is 11.0 Å². The number of imidazole rings is 1. The van der Waals surface area contributed by atoms with E-state index in [-0.39, 0.29) is 11.8 Å². The summed E-state index contributed by atoms with van der Waals surface area (Å²) in [6.07, 6.45) is 0. The summed E-state index contributed by atoms with van der Waals surface area (Å²) < 4.78 is 0. The molecule has 0 aliphatic carbocycles. The highest BCUT2D eigenvalue weighted by molar-refractivity contribution is 5.76. The molecule has 3 rings (SSSR count). The second kappa shape index (κ2) is 4.83. The summed E-state index contributed by atoms with van der Waals surface area (Å²) in [5.74, 6) is 1.25. The molecule has 1 fully saturated rings.